The third kappa shape index (κ3) is 4.60. The van der Waals surface area contributed by atoms with Crippen LogP contribution in [0.1, 0.15) is 10.4 Å². The molecule has 0 aliphatic carbocycles. The summed E-state index contributed by atoms with van der Waals surface area (Å²) in [5.41, 5.74) is 1.18. The van der Waals surface area contributed by atoms with Crippen molar-refractivity contribution in [2.24, 2.45) is 0 Å². The van der Waals surface area contributed by atoms with Crippen molar-refractivity contribution in [3.8, 4) is 11.5 Å². The van der Waals surface area contributed by atoms with Crippen molar-refractivity contribution in [2.75, 3.05) is 45.3 Å². The number of amides is 1. The Balaban J connectivity index is 0.00000240. The smallest absolute Gasteiger partial charge is 0.260 e. The molecule has 0 fully saturated rings. The number of fused-ring (bicyclic) bond motifs is 2. The molecule has 29 heavy (non-hydrogen) atoms. The number of hydrogen-bond donors (Lipinski definition) is 0. The first-order chi connectivity index (χ1) is 13.5. The lowest BCUT2D eigenvalue weighted by Crippen LogP contribution is -2.36. The van der Waals surface area contributed by atoms with Crippen molar-refractivity contribution in [1.82, 2.24) is 9.88 Å². The Morgan fingerprint density at radius 2 is 1.76 bits per heavy atom. The Bertz CT molecular complexity index is 967. The number of carbonyl (C=O) groups excluding carboxylic acids is 1. The lowest BCUT2D eigenvalue weighted by molar-refractivity contribution is 0.0985. The van der Waals surface area contributed by atoms with E-state index in [9.17, 15) is 9.18 Å². The van der Waals surface area contributed by atoms with Crippen LogP contribution in [-0.2, 0) is 0 Å². The molecule has 0 bridgehead atoms. The first-order valence-corrected chi connectivity index (χ1v) is 9.75. The van der Waals surface area contributed by atoms with E-state index in [-0.39, 0.29) is 24.1 Å². The van der Waals surface area contributed by atoms with Crippen molar-refractivity contribution in [2.45, 2.75) is 0 Å². The average molecular weight is 438 g/mol. The monoisotopic (exact) mass is 437 g/mol. The Hall–Kier alpha value is -2.42. The summed E-state index contributed by atoms with van der Waals surface area (Å²) in [4.78, 5) is 21.4. The van der Waals surface area contributed by atoms with Crippen LogP contribution < -0.4 is 14.4 Å². The van der Waals surface area contributed by atoms with E-state index in [2.05, 4.69) is 4.98 Å². The molecule has 0 spiro atoms. The lowest BCUT2D eigenvalue weighted by Gasteiger charge is -2.22. The molecule has 0 atom stereocenters. The van der Waals surface area contributed by atoms with Gasteiger partial charge in [-0.15, -0.1) is 12.4 Å². The standard InChI is InChI=1S/C20H20FN3O3S.ClH/c1-23(2)7-8-24(19(25)13-3-5-14(21)6-4-13)20-22-15-11-16-17(12-18(15)28-20)27-10-9-26-16;/h3-6,11-12H,7-10H2,1-2H3;1H. The Morgan fingerprint density at radius 1 is 1.10 bits per heavy atom. The minimum absolute atomic E-state index is 0. The predicted octanol–water partition coefficient (Wildman–Crippen LogP) is 3.84. The molecule has 0 unspecified atom stereocenters. The zero-order valence-corrected chi connectivity index (χ0v) is 17.7. The molecule has 0 saturated heterocycles. The lowest BCUT2D eigenvalue weighted by atomic mass is 10.2. The van der Waals surface area contributed by atoms with Gasteiger partial charge in [0.2, 0.25) is 0 Å². The number of aromatic nitrogens is 1. The number of halogens is 2. The second kappa shape index (κ2) is 8.94. The van der Waals surface area contributed by atoms with E-state index < -0.39 is 0 Å². The number of nitrogens with zero attached hydrogens (tertiary/aromatic N) is 3. The fourth-order valence-electron chi connectivity index (χ4n) is 2.90. The Kier molecular flexibility index (Phi) is 6.56. The second-order valence-electron chi connectivity index (χ2n) is 6.73. The highest BCUT2D eigenvalue weighted by Crippen LogP contribution is 2.39. The molecule has 2 aromatic carbocycles. The number of carbonyl (C=O) groups is 1. The summed E-state index contributed by atoms with van der Waals surface area (Å²) >= 11 is 1.42. The molecule has 2 heterocycles. The van der Waals surface area contributed by atoms with Crippen molar-refractivity contribution >= 4 is 45.0 Å². The predicted molar refractivity (Wildman–Crippen MR) is 114 cm³/mol. The molecule has 6 nitrogen and oxygen atoms in total. The first kappa shape index (κ1) is 21.3. The molecule has 0 saturated carbocycles. The van der Waals surface area contributed by atoms with Crippen LogP contribution >= 0.6 is 23.7 Å². The zero-order chi connectivity index (χ0) is 19.7. The van der Waals surface area contributed by atoms with Gasteiger partial charge >= 0.3 is 0 Å². The Labute approximate surface area is 178 Å². The highest BCUT2D eigenvalue weighted by molar-refractivity contribution is 7.22. The number of benzene rings is 2. The van der Waals surface area contributed by atoms with E-state index in [0.29, 0.717) is 48.5 Å². The van der Waals surface area contributed by atoms with Gasteiger partial charge in [-0.3, -0.25) is 9.69 Å². The largest absolute Gasteiger partial charge is 0.486 e. The normalized spacial score (nSPS) is 12.7. The number of thiazole rings is 1. The molecular formula is C20H21ClFN3O3S. The summed E-state index contributed by atoms with van der Waals surface area (Å²) in [5.74, 6) is 0.777. The summed E-state index contributed by atoms with van der Waals surface area (Å²) in [6.45, 7) is 2.16. The fraction of sp³-hybridized carbons (Fsp3) is 0.300. The summed E-state index contributed by atoms with van der Waals surface area (Å²) in [6, 6.07) is 9.31. The maximum absolute atomic E-state index is 13.2. The maximum atomic E-state index is 13.2. The van der Waals surface area contributed by atoms with Gasteiger partial charge in [0.15, 0.2) is 16.6 Å². The van der Waals surface area contributed by atoms with E-state index >= 15 is 0 Å². The molecule has 1 amide bonds. The third-order valence-electron chi connectivity index (χ3n) is 4.38. The zero-order valence-electron chi connectivity index (χ0n) is 16.1. The molecule has 4 rings (SSSR count). The molecule has 0 radical (unpaired) electrons. The maximum Gasteiger partial charge on any atom is 0.260 e. The van der Waals surface area contributed by atoms with Gasteiger partial charge < -0.3 is 14.4 Å². The van der Waals surface area contributed by atoms with Crippen LogP contribution in [0.4, 0.5) is 9.52 Å². The molecule has 3 aromatic rings. The molecule has 154 valence electrons. The number of ether oxygens (including phenoxy) is 2. The minimum atomic E-state index is -0.373. The van der Waals surface area contributed by atoms with Crippen LogP contribution in [-0.4, -0.2) is 56.2 Å². The third-order valence-corrected chi connectivity index (χ3v) is 5.42. The van der Waals surface area contributed by atoms with E-state index in [4.69, 9.17) is 9.47 Å². The Morgan fingerprint density at radius 3 is 2.41 bits per heavy atom. The molecule has 1 aromatic heterocycles. The van der Waals surface area contributed by atoms with Gasteiger partial charge in [-0.25, -0.2) is 9.37 Å². The van der Waals surface area contributed by atoms with Gasteiger partial charge in [-0.05, 0) is 38.4 Å². The van der Waals surface area contributed by atoms with E-state index in [1.165, 1.54) is 35.6 Å². The molecule has 9 heteroatoms. The molecular weight excluding hydrogens is 417 g/mol. The van der Waals surface area contributed by atoms with Gasteiger partial charge in [0.25, 0.3) is 5.91 Å². The highest BCUT2D eigenvalue weighted by atomic mass is 35.5. The van der Waals surface area contributed by atoms with Crippen LogP contribution in [0.15, 0.2) is 36.4 Å². The molecule has 0 N–H and O–H groups in total. The van der Waals surface area contributed by atoms with Gasteiger partial charge in [0, 0.05) is 30.8 Å². The second-order valence-corrected chi connectivity index (χ2v) is 7.74. The fourth-order valence-corrected chi connectivity index (χ4v) is 3.90. The van der Waals surface area contributed by atoms with Crippen LogP contribution in [0.2, 0.25) is 0 Å². The minimum Gasteiger partial charge on any atom is -0.486 e. The summed E-state index contributed by atoms with van der Waals surface area (Å²) in [7, 11) is 3.89. The van der Waals surface area contributed by atoms with E-state index in [0.717, 1.165) is 10.2 Å². The van der Waals surface area contributed by atoms with Gasteiger partial charge in [-0.1, -0.05) is 11.3 Å². The topological polar surface area (TPSA) is 54.9 Å². The SMILES string of the molecule is CN(C)CCN(C(=O)c1ccc(F)cc1)c1nc2cc3c(cc2s1)OCCO3.Cl. The van der Waals surface area contributed by atoms with Crippen LogP contribution in [0.5, 0.6) is 11.5 Å². The quantitative estimate of drug-likeness (QED) is 0.607. The molecule has 1 aliphatic rings. The van der Waals surface area contributed by atoms with Crippen molar-refractivity contribution in [3.05, 3.63) is 47.8 Å². The summed E-state index contributed by atoms with van der Waals surface area (Å²) in [6.07, 6.45) is 0. The number of anilines is 1. The summed E-state index contributed by atoms with van der Waals surface area (Å²) < 4.78 is 25.4. The van der Waals surface area contributed by atoms with Gasteiger partial charge in [0.1, 0.15) is 19.0 Å². The van der Waals surface area contributed by atoms with Crippen molar-refractivity contribution < 1.29 is 18.7 Å². The first-order valence-electron chi connectivity index (χ1n) is 8.93. The van der Waals surface area contributed by atoms with Crippen LogP contribution in [0, 0.1) is 5.82 Å². The molecule has 1 aliphatic heterocycles. The van der Waals surface area contributed by atoms with Crippen molar-refractivity contribution in [1.29, 1.82) is 0 Å². The number of hydrogen-bond acceptors (Lipinski definition) is 6. The van der Waals surface area contributed by atoms with Crippen LogP contribution in [0.25, 0.3) is 10.2 Å². The van der Waals surface area contributed by atoms with Gasteiger partial charge in [-0.2, -0.15) is 0 Å². The number of rotatable bonds is 5. The summed E-state index contributed by atoms with van der Waals surface area (Å²) in [5, 5.41) is 0.591. The van der Waals surface area contributed by atoms with Crippen LogP contribution in [0.3, 0.4) is 0 Å². The number of likely N-dealkylation sites (N-methyl/N-ethyl adjacent to an activating group) is 1. The average Bonchev–Trinajstić information content (AvgIpc) is 3.08. The van der Waals surface area contributed by atoms with E-state index in [1.54, 1.807) is 4.90 Å². The highest BCUT2D eigenvalue weighted by Gasteiger charge is 2.23. The van der Waals surface area contributed by atoms with E-state index in [1.807, 2.05) is 31.1 Å². The van der Waals surface area contributed by atoms with Gasteiger partial charge in [0.05, 0.1) is 10.2 Å². The van der Waals surface area contributed by atoms with Crippen molar-refractivity contribution in [3.63, 3.8) is 0 Å².